The van der Waals surface area contributed by atoms with Crippen LogP contribution in [0.4, 0.5) is 23.4 Å². The van der Waals surface area contributed by atoms with Crippen molar-refractivity contribution < 1.29 is 22.7 Å². The van der Waals surface area contributed by atoms with E-state index in [-0.39, 0.29) is 40.7 Å². The molecule has 6 nitrogen and oxygen atoms in total. The molecule has 0 saturated heterocycles. The number of nitrogens with zero attached hydrogens (tertiary/aromatic N) is 3. The van der Waals surface area contributed by atoms with Crippen molar-refractivity contribution in [3.05, 3.63) is 62.5 Å². The Kier molecular flexibility index (Phi) is 5.17. The maximum Gasteiger partial charge on any atom is 0.303 e. The van der Waals surface area contributed by atoms with Crippen molar-refractivity contribution >= 4 is 32.7 Å². The molecular weight excluding hydrogens is 532 g/mol. The maximum atomic E-state index is 15.2. The van der Waals surface area contributed by atoms with Crippen molar-refractivity contribution in [1.29, 1.82) is 0 Å². The van der Waals surface area contributed by atoms with Gasteiger partial charge >= 0.3 is 5.92 Å². The Bertz CT molecular complexity index is 1400. The number of aromatic nitrogens is 3. The molecule has 0 spiro atoms. The van der Waals surface area contributed by atoms with Gasteiger partial charge in [-0.2, -0.15) is 8.78 Å². The van der Waals surface area contributed by atoms with Crippen LogP contribution in [0.3, 0.4) is 0 Å². The number of alkyl halides is 3. The maximum absolute atomic E-state index is 15.2. The summed E-state index contributed by atoms with van der Waals surface area (Å²) in [5, 5.41) is 13.4. The lowest BCUT2D eigenvalue weighted by Gasteiger charge is -2.66. The fourth-order valence-corrected chi connectivity index (χ4v) is 5.67. The molecule has 6 rings (SSSR count). The number of benzene rings is 1. The molecular formula is C24H23BrF4N4O2. The number of pyridine rings is 1. The van der Waals surface area contributed by atoms with Crippen molar-refractivity contribution in [1.82, 2.24) is 14.5 Å². The SMILES string of the molecule is C[C@H](Nc1ncnc2c(Br)c(=O)n(C34CC(F)(C3)C4)cc12)c1cccc(C(F)(F)C(C)(C)O)c1F. The third-order valence-electron chi connectivity index (χ3n) is 7.16. The fourth-order valence-electron chi connectivity index (χ4n) is 5.16. The first kappa shape index (κ1) is 24.2. The molecule has 3 fully saturated rings. The molecule has 2 bridgehead atoms. The second-order valence-corrected chi connectivity index (χ2v) is 11.0. The average Bonchev–Trinajstić information content (AvgIpc) is 2.73. The lowest BCUT2D eigenvalue weighted by Crippen LogP contribution is -2.71. The summed E-state index contributed by atoms with van der Waals surface area (Å²) in [6, 6.07) is 2.80. The highest BCUT2D eigenvalue weighted by Crippen LogP contribution is 2.67. The van der Waals surface area contributed by atoms with Gasteiger partial charge in [0.15, 0.2) is 0 Å². The van der Waals surface area contributed by atoms with E-state index in [2.05, 4.69) is 31.2 Å². The van der Waals surface area contributed by atoms with Gasteiger partial charge in [-0.3, -0.25) is 4.79 Å². The van der Waals surface area contributed by atoms with E-state index in [0.717, 1.165) is 19.9 Å². The minimum atomic E-state index is -3.83. The van der Waals surface area contributed by atoms with E-state index < -0.39 is 40.2 Å². The van der Waals surface area contributed by atoms with Gasteiger partial charge in [0, 0.05) is 31.0 Å². The molecule has 0 unspecified atom stereocenters. The van der Waals surface area contributed by atoms with Crippen molar-refractivity contribution in [3.63, 3.8) is 0 Å². The van der Waals surface area contributed by atoms with Crippen LogP contribution in [0, 0.1) is 5.82 Å². The summed E-state index contributed by atoms with van der Waals surface area (Å²) in [6.45, 7) is 3.42. The van der Waals surface area contributed by atoms with E-state index >= 15 is 4.39 Å². The van der Waals surface area contributed by atoms with Crippen molar-refractivity contribution in [2.75, 3.05) is 5.32 Å². The predicted molar refractivity (Wildman–Crippen MR) is 126 cm³/mol. The molecule has 3 saturated carbocycles. The first-order valence-corrected chi connectivity index (χ1v) is 11.9. The molecule has 1 atom stereocenters. The highest BCUT2D eigenvalue weighted by Gasteiger charge is 2.70. The Hall–Kier alpha value is -2.53. The van der Waals surface area contributed by atoms with Crippen LogP contribution in [0.15, 0.2) is 40.0 Å². The highest BCUT2D eigenvalue weighted by molar-refractivity contribution is 9.10. The Morgan fingerprint density at radius 1 is 1.23 bits per heavy atom. The number of nitrogens with one attached hydrogen (secondary N) is 1. The van der Waals surface area contributed by atoms with Gasteiger partial charge in [-0.1, -0.05) is 12.1 Å². The first-order valence-electron chi connectivity index (χ1n) is 11.1. The van der Waals surface area contributed by atoms with E-state index in [0.29, 0.717) is 10.9 Å². The predicted octanol–water partition coefficient (Wildman–Crippen LogP) is 5.33. The Labute approximate surface area is 206 Å². The number of fused-ring (bicyclic) bond motifs is 1. The molecule has 2 N–H and O–H groups in total. The van der Waals surface area contributed by atoms with Crippen LogP contribution in [0.2, 0.25) is 0 Å². The molecule has 1 aromatic carbocycles. The highest BCUT2D eigenvalue weighted by atomic mass is 79.9. The van der Waals surface area contributed by atoms with Crippen LogP contribution >= 0.6 is 15.9 Å². The summed E-state index contributed by atoms with van der Waals surface area (Å²) in [5.41, 5.74) is -5.23. The van der Waals surface area contributed by atoms with Gasteiger partial charge in [-0.15, -0.1) is 0 Å². The van der Waals surface area contributed by atoms with Crippen LogP contribution in [-0.4, -0.2) is 30.9 Å². The molecule has 2 heterocycles. The third kappa shape index (κ3) is 3.49. The van der Waals surface area contributed by atoms with Crippen molar-refractivity contribution in [3.8, 4) is 0 Å². The largest absolute Gasteiger partial charge is 0.384 e. The number of hydrogen-bond acceptors (Lipinski definition) is 5. The zero-order chi connectivity index (χ0) is 25.6. The summed E-state index contributed by atoms with van der Waals surface area (Å²) in [6.07, 6.45) is 3.60. The van der Waals surface area contributed by atoms with E-state index in [1.54, 1.807) is 13.1 Å². The summed E-state index contributed by atoms with van der Waals surface area (Å²) in [5.74, 6) is -4.71. The standard InChI is InChI=1S/C24H23BrF4N4O2/c1-12(13-5-4-6-15(17(13)26)24(28,29)21(2,3)35)32-19-14-7-33(23-8-22(27,9-23)10-23)20(34)16(25)18(14)30-11-31-19/h4-7,11-12,35H,8-10H2,1-3H3,(H,30,31,32)/t12-,22?,23?/m0/s1. The number of anilines is 1. The summed E-state index contributed by atoms with van der Waals surface area (Å²) >= 11 is 3.30. The Balaban J connectivity index is 1.54. The van der Waals surface area contributed by atoms with Gasteiger partial charge in [0.1, 0.15) is 33.7 Å². The Morgan fingerprint density at radius 2 is 1.89 bits per heavy atom. The average molecular weight is 555 g/mol. The minimum Gasteiger partial charge on any atom is -0.384 e. The van der Waals surface area contributed by atoms with Crippen LogP contribution < -0.4 is 10.9 Å². The zero-order valence-electron chi connectivity index (χ0n) is 19.2. The minimum absolute atomic E-state index is 0.0515. The molecule has 3 aliphatic carbocycles. The number of hydrogen-bond donors (Lipinski definition) is 2. The molecule has 0 aliphatic heterocycles. The normalized spacial score (nSPS) is 24.6. The van der Waals surface area contributed by atoms with Crippen LogP contribution in [-0.2, 0) is 11.5 Å². The summed E-state index contributed by atoms with van der Waals surface area (Å²) in [7, 11) is 0. The topological polar surface area (TPSA) is 80.0 Å². The first-order chi connectivity index (χ1) is 16.2. The summed E-state index contributed by atoms with van der Waals surface area (Å²) < 4.78 is 60.5. The van der Waals surface area contributed by atoms with Crippen molar-refractivity contribution in [2.24, 2.45) is 0 Å². The monoisotopic (exact) mass is 554 g/mol. The molecule has 0 amide bonds. The molecule has 3 aromatic rings. The van der Waals surface area contributed by atoms with Gasteiger partial charge < -0.3 is 15.0 Å². The smallest absolute Gasteiger partial charge is 0.303 e. The molecule has 2 aromatic heterocycles. The number of rotatable bonds is 6. The van der Waals surface area contributed by atoms with Crippen LogP contribution in [0.25, 0.3) is 10.9 Å². The lowest BCUT2D eigenvalue weighted by molar-refractivity contribution is -0.199. The molecule has 0 radical (unpaired) electrons. The van der Waals surface area contributed by atoms with E-state index in [9.17, 15) is 23.1 Å². The third-order valence-corrected chi connectivity index (χ3v) is 7.87. The lowest BCUT2D eigenvalue weighted by atomic mass is 9.47. The number of aliphatic hydroxyl groups is 1. The van der Waals surface area contributed by atoms with E-state index in [4.69, 9.17) is 0 Å². The van der Waals surface area contributed by atoms with Crippen molar-refractivity contribution in [2.45, 2.75) is 68.8 Å². The molecule has 186 valence electrons. The zero-order valence-corrected chi connectivity index (χ0v) is 20.8. The Morgan fingerprint density at radius 3 is 2.49 bits per heavy atom. The molecule has 11 heteroatoms. The quantitative estimate of drug-likeness (QED) is 0.402. The van der Waals surface area contributed by atoms with Gasteiger partial charge in [-0.25, -0.2) is 18.7 Å². The van der Waals surface area contributed by atoms with Gasteiger partial charge in [-0.05, 0) is 42.8 Å². The summed E-state index contributed by atoms with van der Waals surface area (Å²) in [4.78, 5) is 21.3. The molecule has 35 heavy (non-hydrogen) atoms. The van der Waals surface area contributed by atoms with Gasteiger partial charge in [0.05, 0.1) is 28.0 Å². The fraction of sp³-hybridized carbons (Fsp3) is 0.458. The molecule has 3 aliphatic rings. The van der Waals surface area contributed by atoms with Gasteiger partial charge in [0.2, 0.25) is 0 Å². The van der Waals surface area contributed by atoms with Gasteiger partial charge in [0.25, 0.3) is 5.56 Å². The van der Waals surface area contributed by atoms with Crippen LogP contribution in [0.1, 0.15) is 57.2 Å². The number of halogens is 5. The van der Waals surface area contributed by atoms with E-state index in [1.165, 1.54) is 23.0 Å². The second kappa shape index (κ2) is 7.49. The van der Waals surface area contributed by atoms with Crippen LogP contribution in [0.5, 0.6) is 0 Å². The second-order valence-electron chi connectivity index (χ2n) is 10.2. The van der Waals surface area contributed by atoms with E-state index in [1.807, 2.05) is 0 Å².